The average Bonchev–Trinajstić information content (AvgIpc) is 2.52. The molecule has 1 heterocycles. The zero-order chi connectivity index (χ0) is 9.90. The minimum absolute atomic E-state index is 0.0353. The molecule has 1 atom stereocenters. The molecule has 3 heteroatoms. The van der Waals surface area contributed by atoms with Crippen molar-refractivity contribution in [1.29, 1.82) is 0 Å². The maximum Gasteiger partial charge on any atom is 0.226 e. The molecule has 0 aromatic heterocycles. The van der Waals surface area contributed by atoms with Gasteiger partial charge < -0.3 is 9.47 Å². The van der Waals surface area contributed by atoms with Crippen LogP contribution >= 0.6 is 0 Å². The Kier molecular flexibility index (Phi) is 3.45. The van der Waals surface area contributed by atoms with Gasteiger partial charge in [-0.3, -0.25) is 4.79 Å². The van der Waals surface area contributed by atoms with E-state index in [1.165, 1.54) is 0 Å². The number of ether oxygens (including phenoxy) is 2. The predicted octanol–water partition coefficient (Wildman–Crippen LogP) is 1.75. The summed E-state index contributed by atoms with van der Waals surface area (Å²) in [5.74, 6) is -0.853. The van der Waals surface area contributed by atoms with Crippen LogP contribution < -0.4 is 0 Å². The monoisotopic (exact) mass is 186 g/mol. The lowest BCUT2D eigenvalue weighted by molar-refractivity contribution is -0.177. The lowest BCUT2D eigenvalue weighted by Crippen LogP contribution is -2.40. The number of hydrogen-bond donors (Lipinski definition) is 0. The molecule has 0 aliphatic carbocycles. The Morgan fingerprint density at radius 3 is 2.46 bits per heavy atom. The maximum atomic E-state index is 11.8. The van der Waals surface area contributed by atoms with E-state index < -0.39 is 5.79 Å². The largest absolute Gasteiger partial charge is 0.341 e. The Morgan fingerprint density at radius 2 is 2.00 bits per heavy atom. The van der Waals surface area contributed by atoms with Gasteiger partial charge in [-0.15, -0.1) is 0 Å². The van der Waals surface area contributed by atoms with Gasteiger partial charge in [-0.2, -0.15) is 0 Å². The minimum atomic E-state index is -0.964. The number of carbonyl (C=O) groups excluding carboxylic acids is 1. The van der Waals surface area contributed by atoms with Crippen LogP contribution in [0.5, 0.6) is 0 Å². The Bertz CT molecular complexity index is 183. The summed E-state index contributed by atoms with van der Waals surface area (Å²) in [7, 11) is 0. The highest BCUT2D eigenvalue weighted by atomic mass is 16.7. The lowest BCUT2D eigenvalue weighted by Gasteiger charge is -2.23. The van der Waals surface area contributed by atoms with Crippen molar-refractivity contribution in [1.82, 2.24) is 0 Å². The zero-order valence-electron chi connectivity index (χ0n) is 8.63. The van der Waals surface area contributed by atoms with Crippen LogP contribution in [0, 0.1) is 5.92 Å². The average molecular weight is 186 g/mol. The van der Waals surface area contributed by atoms with Crippen LogP contribution in [-0.2, 0) is 14.3 Å². The van der Waals surface area contributed by atoms with E-state index in [0.29, 0.717) is 13.2 Å². The van der Waals surface area contributed by atoms with Crippen LogP contribution in [-0.4, -0.2) is 24.8 Å². The summed E-state index contributed by atoms with van der Waals surface area (Å²) >= 11 is 0. The van der Waals surface area contributed by atoms with E-state index in [0.717, 1.165) is 12.8 Å². The molecular formula is C10H18O3. The van der Waals surface area contributed by atoms with E-state index in [9.17, 15) is 4.79 Å². The summed E-state index contributed by atoms with van der Waals surface area (Å²) in [5.41, 5.74) is 0. The fourth-order valence-electron chi connectivity index (χ4n) is 1.67. The van der Waals surface area contributed by atoms with Crippen molar-refractivity contribution in [2.24, 2.45) is 5.92 Å². The van der Waals surface area contributed by atoms with Crippen molar-refractivity contribution >= 4 is 5.78 Å². The molecule has 0 radical (unpaired) electrons. The van der Waals surface area contributed by atoms with Crippen LogP contribution in [0.4, 0.5) is 0 Å². The smallest absolute Gasteiger partial charge is 0.226 e. The van der Waals surface area contributed by atoms with E-state index in [-0.39, 0.29) is 11.7 Å². The fraction of sp³-hybridized carbons (Fsp3) is 0.900. The van der Waals surface area contributed by atoms with Crippen molar-refractivity contribution in [3.63, 3.8) is 0 Å². The third-order valence-electron chi connectivity index (χ3n) is 2.46. The molecule has 0 saturated carbocycles. The van der Waals surface area contributed by atoms with E-state index in [2.05, 4.69) is 6.92 Å². The zero-order valence-corrected chi connectivity index (χ0v) is 8.63. The molecule has 0 aromatic carbocycles. The first kappa shape index (κ1) is 10.7. The quantitative estimate of drug-likeness (QED) is 0.671. The molecule has 0 N–H and O–H groups in total. The molecular weight excluding hydrogens is 168 g/mol. The molecule has 76 valence electrons. The van der Waals surface area contributed by atoms with Gasteiger partial charge in [0.2, 0.25) is 5.79 Å². The van der Waals surface area contributed by atoms with Gasteiger partial charge in [-0.1, -0.05) is 20.3 Å². The molecule has 1 fully saturated rings. The summed E-state index contributed by atoms with van der Waals surface area (Å²) in [6.07, 6.45) is 1.92. The maximum absolute atomic E-state index is 11.8. The molecule has 0 bridgehead atoms. The van der Waals surface area contributed by atoms with Gasteiger partial charge in [0.25, 0.3) is 0 Å². The summed E-state index contributed by atoms with van der Waals surface area (Å²) in [4.78, 5) is 11.8. The minimum Gasteiger partial charge on any atom is -0.341 e. The van der Waals surface area contributed by atoms with Crippen molar-refractivity contribution in [2.75, 3.05) is 13.2 Å². The predicted molar refractivity (Wildman–Crippen MR) is 49.4 cm³/mol. The molecule has 1 rings (SSSR count). The van der Waals surface area contributed by atoms with Gasteiger partial charge in [-0.25, -0.2) is 0 Å². The van der Waals surface area contributed by atoms with Gasteiger partial charge in [0.15, 0.2) is 5.78 Å². The second kappa shape index (κ2) is 4.20. The molecule has 1 aliphatic heterocycles. The van der Waals surface area contributed by atoms with Crippen LogP contribution in [0.2, 0.25) is 0 Å². The Labute approximate surface area is 79.4 Å². The number of ketones is 1. The van der Waals surface area contributed by atoms with Crippen LogP contribution in [0.25, 0.3) is 0 Å². The number of Topliss-reactive ketones (excluding diaryl/α,β-unsaturated/α-hetero) is 1. The highest BCUT2D eigenvalue weighted by molar-refractivity contribution is 5.87. The highest BCUT2D eigenvalue weighted by Gasteiger charge is 2.41. The first-order valence-corrected chi connectivity index (χ1v) is 4.92. The molecule has 13 heavy (non-hydrogen) atoms. The standard InChI is InChI=1S/C10H18O3/c1-4-5-8(2)9(11)10(3)12-6-7-13-10/h8H,4-7H2,1-3H3. The van der Waals surface area contributed by atoms with E-state index in [1.54, 1.807) is 6.92 Å². The lowest BCUT2D eigenvalue weighted by atomic mass is 9.96. The summed E-state index contributed by atoms with van der Waals surface area (Å²) in [6, 6.07) is 0. The molecule has 1 unspecified atom stereocenters. The second-order valence-electron chi connectivity index (χ2n) is 3.70. The first-order valence-electron chi connectivity index (χ1n) is 4.92. The Morgan fingerprint density at radius 1 is 1.46 bits per heavy atom. The molecule has 1 saturated heterocycles. The van der Waals surface area contributed by atoms with E-state index in [4.69, 9.17) is 9.47 Å². The second-order valence-corrected chi connectivity index (χ2v) is 3.70. The van der Waals surface area contributed by atoms with Crippen molar-refractivity contribution < 1.29 is 14.3 Å². The molecule has 0 spiro atoms. The normalized spacial score (nSPS) is 23.0. The first-order chi connectivity index (χ1) is 6.10. The van der Waals surface area contributed by atoms with Crippen LogP contribution in [0.1, 0.15) is 33.6 Å². The van der Waals surface area contributed by atoms with Gasteiger partial charge in [-0.05, 0) is 13.3 Å². The van der Waals surface area contributed by atoms with Gasteiger partial charge in [0.1, 0.15) is 0 Å². The number of carbonyl (C=O) groups is 1. The molecule has 1 aliphatic rings. The van der Waals surface area contributed by atoms with Crippen molar-refractivity contribution in [3.05, 3.63) is 0 Å². The number of rotatable bonds is 4. The van der Waals surface area contributed by atoms with Gasteiger partial charge in [0, 0.05) is 5.92 Å². The van der Waals surface area contributed by atoms with Crippen molar-refractivity contribution in [2.45, 2.75) is 39.4 Å². The fourth-order valence-corrected chi connectivity index (χ4v) is 1.67. The van der Waals surface area contributed by atoms with Gasteiger partial charge in [0.05, 0.1) is 13.2 Å². The van der Waals surface area contributed by atoms with Crippen LogP contribution in [0.3, 0.4) is 0 Å². The third-order valence-corrected chi connectivity index (χ3v) is 2.46. The SMILES string of the molecule is CCCC(C)C(=O)C1(C)OCCO1. The van der Waals surface area contributed by atoms with E-state index >= 15 is 0 Å². The third kappa shape index (κ3) is 2.29. The Hall–Kier alpha value is -0.410. The molecule has 0 aromatic rings. The summed E-state index contributed by atoms with van der Waals surface area (Å²) < 4.78 is 10.6. The van der Waals surface area contributed by atoms with Crippen LogP contribution in [0.15, 0.2) is 0 Å². The molecule has 0 amide bonds. The van der Waals surface area contributed by atoms with Crippen molar-refractivity contribution in [3.8, 4) is 0 Å². The highest BCUT2D eigenvalue weighted by Crippen LogP contribution is 2.24. The van der Waals surface area contributed by atoms with Gasteiger partial charge >= 0.3 is 0 Å². The summed E-state index contributed by atoms with van der Waals surface area (Å²) in [5, 5.41) is 0. The topological polar surface area (TPSA) is 35.5 Å². The summed E-state index contributed by atoms with van der Waals surface area (Å²) in [6.45, 7) is 6.78. The molecule has 3 nitrogen and oxygen atoms in total. The van der Waals surface area contributed by atoms with E-state index in [1.807, 2.05) is 6.92 Å². The number of hydrogen-bond acceptors (Lipinski definition) is 3. The Balaban J connectivity index is 2.54.